The average molecular weight is 194 g/mol. The van der Waals surface area contributed by atoms with E-state index in [9.17, 15) is 4.79 Å². The number of nitrogens with one attached hydrogen (secondary N) is 1. The van der Waals surface area contributed by atoms with E-state index < -0.39 is 0 Å². The van der Waals surface area contributed by atoms with E-state index >= 15 is 0 Å². The maximum Gasteiger partial charge on any atom is 0.182 e. The van der Waals surface area contributed by atoms with E-state index in [1.807, 2.05) is 0 Å². The molecule has 0 radical (unpaired) electrons. The van der Waals surface area contributed by atoms with E-state index in [4.69, 9.17) is 4.74 Å². The van der Waals surface area contributed by atoms with Crippen molar-refractivity contribution in [2.75, 3.05) is 20.7 Å². The first-order chi connectivity index (χ1) is 6.70. The molecule has 14 heavy (non-hydrogen) atoms. The van der Waals surface area contributed by atoms with Crippen molar-refractivity contribution in [3.8, 4) is 5.75 Å². The molecule has 1 aromatic rings. The molecule has 0 aromatic carbocycles. The number of carbonyl (C=O) groups is 1. The largest absolute Gasteiger partial charge is 0.496 e. The Morgan fingerprint density at radius 3 is 2.93 bits per heavy atom. The number of ether oxygens (including phenoxy) is 1. The molecule has 0 spiro atoms. The summed E-state index contributed by atoms with van der Waals surface area (Å²) >= 11 is 0. The van der Waals surface area contributed by atoms with Crippen LogP contribution in [0.25, 0.3) is 0 Å². The number of pyridine rings is 1. The van der Waals surface area contributed by atoms with Gasteiger partial charge in [0.25, 0.3) is 0 Å². The van der Waals surface area contributed by atoms with Gasteiger partial charge in [-0.25, -0.2) is 0 Å². The van der Waals surface area contributed by atoms with Crippen LogP contribution in [0.2, 0.25) is 0 Å². The number of hydrogen-bond acceptors (Lipinski definition) is 4. The number of methoxy groups -OCH3 is 1. The molecular weight excluding hydrogens is 180 g/mol. The topological polar surface area (TPSA) is 51.2 Å². The Hall–Kier alpha value is -1.42. The summed E-state index contributed by atoms with van der Waals surface area (Å²) in [5.41, 5.74) is 1.26. The molecule has 0 amide bonds. The molecule has 4 heteroatoms. The van der Waals surface area contributed by atoms with Crippen molar-refractivity contribution < 1.29 is 9.53 Å². The van der Waals surface area contributed by atoms with Crippen LogP contribution in [-0.4, -0.2) is 31.5 Å². The van der Waals surface area contributed by atoms with Gasteiger partial charge in [-0.2, -0.15) is 0 Å². The summed E-state index contributed by atoms with van der Waals surface area (Å²) < 4.78 is 5.11. The molecule has 0 atom stereocenters. The molecule has 0 unspecified atom stereocenters. The number of rotatable bonds is 4. The van der Waals surface area contributed by atoms with Crippen molar-refractivity contribution in [1.29, 1.82) is 0 Å². The molecule has 1 aromatic heterocycles. The highest BCUT2D eigenvalue weighted by Crippen LogP contribution is 2.19. The van der Waals surface area contributed by atoms with Crippen LogP contribution in [0.3, 0.4) is 0 Å². The third-order valence-corrected chi connectivity index (χ3v) is 1.94. The minimum Gasteiger partial charge on any atom is -0.496 e. The Kier molecular flexibility index (Phi) is 3.59. The summed E-state index contributed by atoms with van der Waals surface area (Å²) in [6.07, 6.45) is 1.63. The number of aromatic nitrogens is 1. The van der Waals surface area contributed by atoms with Gasteiger partial charge in [-0.1, -0.05) is 0 Å². The molecule has 0 aliphatic heterocycles. The Morgan fingerprint density at radius 2 is 2.36 bits per heavy atom. The molecule has 1 N–H and O–H groups in total. The van der Waals surface area contributed by atoms with Crippen molar-refractivity contribution >= 4 is 5.78 Å². The van der Waals surface area contributed by atoms with Gasteiger partial charge in [-0.05, 0) is 20.0 Å². The van der Waals surface area contributed by atoms with Crippen molar-refractivity contribution in [2.24, 2.45) is 0 Å². The molecule has 4 nitrogen and oxygen atoms in total. The molecule has 0 saturated carbocycles. The first-order valence-electron chi connectivity index (χ1n) is 4.38. The molecule has 0 bridgehead atoms. The van der Waals surface area contributed by atoms with Crippen molar-refractivity contribution in [3.05, 3.63) is 23.5 Å². The third-order valence-electron chi connectivity index (χ3n) is 1.94. The van der Waals surface area contributed by atoms with Crippen molar-refractivity contribution in [1.82, 2.24) is 10.3 Å². The van der Waals surface area contributed by atoms with Crippen molar-refractivity contribution in [3.63, 3.8) is 0 Å². The van der Waals surface area contributed by atoms with Crippen LogP contribution in [0.4, 0.5) is 0 Å². The van der Waals surface area contributed by atoms with Gasteiger partial charge in [0.05, 0.1) is 24.9 Å². The fourth-order valence-electron chi connectivity index (χ4n) is 1.30. The average Bonchev–Trinajstić information content (AvgIpc) is 2.17. The van der Waals surface area contributed by atoms with Crippen LogP contribution in [0.1, 0.15) is 16.1 Å². The predicted molar refractivity (Wildman–Crippen MR) is 53.8 cm³/mol. The van der Waals surface area contributed by atoms with Gasteiger partial charge >= 0.3 is 0 Å². The number of aryl methyl sites for hydroxylation is 1. The highest BCUT2D eigenvalue weighted by Gasteiger charge is 2.14. The minimum absolute atomic E-state index is 0.00468. The lowest BCUT2D eigenvalue weighted by Crippen LogP contribution is -2.20. The number of nitrogens with zero attached hydrogens (tertiary/aromatic N) is 1. The summed E-state index contributed by atoms with van der Waals surface area (Å²) in [6.45, 7) is 2.09. The Bertz CT molecular complexity index is 337. The number of ketones is 1. The van der Waals surface area contributed by atoms with E-state index in [0.717, 1.165) is 0 Å². The Labute approximate surface area is 83.3 Å². The van der Waals surface area contributed by atoms with Crippen LogP contribution >= 0.6 is 0 Å². The quantitative estimate of drug-likeness (QED) is 0.720. The van der Waals surface area contributed by atoms with E-state index in [1.54, 1.807) is 33.3 Å². The summed E-state index contributed by atoms with van der Waals surface area (Å²) in [5.74, 6) is 0.577. The SMILES string of the molecule is CNCC(=O)c1c(OC)ccnc1C. The number of Topliss-reactive ketones (excluding diaryl/α,β-unsaturated/α-hetero) is 1. The van der Waals surface area contributed by atoms with Gasteiger partial charge in [0.15, 0.2) is 5.78 Å². The van der Waals surface area contributed by atoms with E-state index in [1.165, 1.54) is 0 Å². The Balaban J connectivity index is 3.10. The molecule has 1 heterocycles. The molecule has 0 saturated heterocycles. The van der Waals surface area contributed by atoms with Crippen LogP contribution in [0, 0.1) is 6.92 Å². The third kappa shape index (κ3) is 2.09. The molecule has 0 aliphatic rings. The van der Waals surface area contributed by atoms with Gasteiger partial charge in [0.1, 0.15) is 5.75 Å². The monoisotopic (exact) mass is 194 g/mol. The van der Waals surface area contributed by atoms with Gasteiger partial charge in [-0.15, -0.1) is 0 Å². The minimum atomic E-state index is -0.00468. The summed E-state index contributed by atoms with van der Waals surface area (Å²) in [7, 11) is 3.28. The first-order valence-corrected chi connectivity index (χ1v) is 4.38. The molecular formula is C10H14N2O2. The van der Waals surface area contributed by atoms with Crippen LogP contribution < -0.4 is 10.1 Å². The second kappa shape index (κ2) is 4.72. The normalized spacial score (nSPS) is 9.93. The zero-order valence-electron chi connectivity index (χ0n) is 8.63. The molecule has 0 aliphatic carbocycles. The molecule has 0 fully saturated rings. The highest BCUT2D eigenvalue weighted by molar-refractivity contribution is 6.00. The lowest BCUT2D eigenvalue weighted by Gasteiger charge is -2.08. The van der Waals surface area contributed by atoms with E-state index in [-0.39, 0.29) is 5.78 Å². The highest BCUT2D eigenvalue weighted by atomic mass is 16.5. The summed E-state index contributed by atoms with van der Waals surface area (Å²) in [4.78, 5) is 15.7. The van der Waals surface area contributed by atoms with Gasteiger partial charge in [0.2, 0.25) is 0 Å². The first kappa shape index (κ1) is 10.7. The predicted octanol–water partition coefficient (Wildman–Crippen LogP) is 0.801. The van der Waals surface area contributed by atoms with Crippen LogP contribution in [0.5, 0.6) is 5.75 Å². The molecule has 76 valence electrons. The van der Waals surface area contributed by atoms with Crippen molar-refractivity contribution in [2.45, 2.75) is 6.92 Å². The smallest absolute Gasteiger partial charge is 0.182 e. The van der Waals surface area contributed by atoms with E-state index in [0.29, 0.717) is 23.6 Å². The van der Waals surface area contributed by atoms with Gasteiger partial charge in [0, 0.05) is 6.20 Å². The fraction of sp³-hybridized carbons (Fsp3) is 0.400. The second-order valence-electron chi connectivity index (χ2n) is 2.93. The van der Waals surface area contributed by atoms with Gasteiger partial charge in [-0.3, -0.25) is 9.78 Å². The van der Waals surface area contributed by atoms with E-state index in [2.05, 4.69) is 10.3 Å². The number of hydrogen-bond donors (Lipinski definition) is 1. The lowest BCUT2D eigenvalue weighted by molar-refractivity contribution is 0.0989. The fourth-order valence-corrected chi connectivity index (χ4v) is 1.30. The lowest BCUT2D eigenvalue weighted by atomic mass is 10.1. The summed E-state index contributed by atoms with van der Waals surface area (Å²) in [5, 5.41) is 2.81. The summed E-state index contributed by atoms with van der Waals surface area (Å²) in [6, 6.07) is 1.69. The van der Waals surface area contributed by atoms with Crippen LogP contribution in [-0.2, 0) is 0 Å². The zero-order chi connectivity index (χ0) is 10.6. The zero-order valence-corrected chi connectivity index (χ0v) is 8.63. The van der Waals surface area contributed by atoms with Crippen LogP contribution in [0.15, 0.2) is 12.3 Å². The number of carbonyl (C=O) groups excluding carboxylic acids is 1. The Morgan fingerprint density at radius 1 is 1.64 bits per heavy atom. The molecule has 1 rings (SSSR count). The number of likely N-dealkylation sites (N-methyl/N-ethyl adjacent to an activating group) is 1. The maximum absolute atomic E-state index is 11.7. The standard InChI is InChI=1S/C10H14N2O2/c1-7-10(8(13)6-11-2)9(14-3)4-5-12-7/h4-5,11H,6H2,1-3H3. The maximum atomic E-state index is 11.7. The van der Waals surface area contributed by atoms with Gasteiger partial charge < -0.3 is 10.1 Å². The second-order valence-corrected chi connectivity index (χ2v) is 2.93.